The van der Waals surface area contributed by atoms with E-state index in [2.05, 4.69) is 4.99 Å². The summed E-state index contributed by atoms with van der Waals surface area (Å²) in [6.07, 6.45) is -3.34. The van der Waals surface area contributed by atoms with Gasteiger partial charge in [0.1, 0.15) is 18.3 Å². The Labute approximate surface area is 114 Å². The summed E-state index contributed by atoms with van der Waals surface area (Å²) in [7, 11) is 0. The monoisotopic (exact) mass is 290 g/mol. The average Bonchev–Trinajstić information content (AvgIpc) is 2.38. The van der Waals surface area contributed by atoms with Crippen molar-refractivity contribution < 1.29 is 30.0 Å². The number of aliphatic carboxylic acids is 1. The van der Waals surface area contributed by atoms with Gasteiger partial charge in [0.15, 0.2) is 5.96 Å². The minimum atomic E-state index is -1.60. The molecule has 0 spiro atoms. The number of aliphatic imine (C=N–C) groups is 1. The SMILES string of the molecule is NC(N)=NC1C=C(C(=O)O)OC(C(O)C(O)CO)C1N. The van der Waals surface area contributed by atoms with Crippen LogP contribution in [0, 0.1) is 0 Å². The van der Waals surface area contributed by atoms with Crippen LogP contribution in [-0.4, -0.2) is 69.4 Å². The quantitative estimate of drug-likeness (QED) is 0.195. The smallest absolute Gasteiger partial charge is 0.370 e. The maximum absolute atomic E-state index is 11.0. The van der Waals surface area contributed by atoms with E-state index in [1.165, 1.54) is 0 Å². The Bertz CT molecular complexity index is 422. The number of hydrogen-bond donors (Lipinski definition) is 7. The van der Waals surface area contributed by atoms with E-state index >= 15 is 0 Å². The fourth-order valence-electron chi connectivity index (χ4n) is 1.77. The van der Waals surface area contributed by atoms with Crippen molar-refractivity contribution in [2.45, 2.75) is 30.4 Å². The van der Waals surface area contributed by atoms with E-state index in [9.17, 15) is 15.0 Å². The van der Waals surface area contributed by atoms with Crippen LogP contribution < -0.4 is 17.2 Å². The molecule has 20 heavy (non-hydrogen) atoms. The minimum absolute atomic E-state index is 0.315. The molecule has 10 heteroatoms. The Balaban J connectivity index is 3.07. The van der Waals surface area contributed by atoms with Crippen LogP contribution in [0.5, 0.6) is 0 Å². The maximum Gasteiger partial charge on any atom is 0.370 e. The molecule has 0 aromatic rings. The molecule has 1 rings (SSSR count). The summed E-state index contributed by atoms with van der Waals surface area (Å²) in [6.45, 7) is -0.743. The first-order valence-corrected chi connectivity index (χ1v) is 5.71. The number of rotatable bonds is 5. The van der Waals surface area contributed by atoms with Crippen molar-refractivity contribution in [3.05, 3.63) is 11.8 Å². The number of aliphatic hydroxyl groups excluding tert-OH is 3. The molecule has 1 aliphatic heterocycles. The van der Waals surface area contributed by atoms with E-state index < -0.39 is 48.7 Å². The van der Waals surface area contributed by atoms with Gasteiger partial charge in [0.25, 0.3) is 0 Å². The standard InChI is InChI=1S/C10H18N4O6/c11-6-3(14-10(12)13)1-5(9(18)19)20-8(6)7(17)4(16)2-15/h1,3-4,6-8,15-17H,2,11H2,(H,18,19)(H4,12,13,14). The van der Waals surface area contributed by atoms with Crippen LogP contribution in [0.4, 0.5) is 0 Å². The van der Waals surface area contributed by atoms with Crippen molar-refractivity contribution in [3.63, 3.8) is 0 Å². The van der Waals surface area contributed by atoms with Crippen LogP contribution in [0.2, 0.25) is 0 Å². The lowest BCUT2D eigenvalue weighted by molar-refractivity contribution is -0.144. The normalized spacial score (nSPS) is 28.8. The number of nitrogens with two attached hydrogens (primary N) is 3. The predicted molar refractivity (Wildman–Crippen MR) is 67.3 cm³/mol. The summed E-state index contributed by atoms with van der Waals surface area (Å²) in [6, 6.07) is -1.94. The van der Waals surface area contributed by atoms with E-state index in [-0.39, 0.29) is 5.96 Å². The Morgan fingerprint density at radius 1 is 1.45 bits per heavy atom. The van der Waals surface area contributed by atoms with Crippen molar-refractivity contribution in [2.24, 2.45) is 22.2 Å². The van der Waals surface area contributed by atoms with Crippen LogP contribution >= 0.6 is 0 Å². The molecule has 0 fully saturated rings. The highest BCUT2D eigenvalue weighted by Gasteiger charge is 2.41. The van der Waals surface area contributed by atoms with Gasteiger partial charge in [-0.1, -0.05) is 0 Å². The molecule has 114 valence electrons. The highest BCUT2D eigenvalue weighted by atomic mass is 16.5. The van der Waals surface area contributed by atoms with E-state index in [4.69, 9.17) is 32.2 Å². The van der Waals surface area contributed by atoms with Crippen molar-refractivity contribution in [2.75, 3.05) is 6.61 Å². The fourth-order valence-corrected chi connectivity index (χ4v) is 1.77. The van der Waals surface area contributed by atoms with Crippen LogP contribution in [0.1, 0.15) is 0 Å². The summed E-state index contributed by atoms with van der Waals surface area (Å²) < 4.78 is 5.02. The summed E-state index contributed by atoms with van der Waals surface area (Å²) in [5.41, 5.74) is 16.2. The van der Waals surface area contributed by atoms with Gasteiger partial charge in [-0.25, -0.2) is 9.79 Å². The van der Waals surface area contributed by atoms with Crippen LogP contribution in [0.25, 0.3) is 0 Å². The third-order valence-corrected chi connectivity index (χ3v) is 2.79. The zero-order chi connectivity index (χ0) is 15.4. The molecule has 0 aliphatic carbocycles. The van der Waals surface area contributed by atoms with Gasteiger partial charge in [-0.2, -0.15) is 0 Å². The first-order valence-electron chi connectivity index (χ1n) is 5.71. The van der Waals surface area contributed by atoms with E-state index in [1.54, 1.807) is 0 Å². The second-order valence-electron chi connectivity index (χ2n) is 4.28. The molecule has 5 atom stereocenters. The number of guanidine groups is 1. The highest BCUT2D eigenvalue weighted by molar-refractivity contribution is 5.85. The van der Waals surface area contributed by atoms with Gasteiger partial charge in [-0.3, -0.25) is 0 Å². The number of hydrogen-bond acceptors (Lipinski definition) is 7. The molecule has 0 aromatic carbocycles. The fraction of sp³-hybridized carbons (Fsp3) is 0.600. The van der Waals surface area contributed by atoms with Crippen molar-refractivity contribution >= 4 is 11.9 Å². The first-order chi connectivity index (χ1) is 9.27. The van der Waals surface area contributed by atoms with E-state index in [1.807, 2.05) is 0 Å². The van der Waals surface area contributed by atoms with Crippen molar-refractivity contribution in [1.82, 2.24) is 0 Å². The number of carbonyl (C=O) groups is 1. The minimum Gasteiger partial charge on any atom is -0.479 e. The number of ether oxygens (including phenoxy) is 1. The summed E-state index contributed by atoms with van der Waals surface area (Å²) in [4.78, 5) is 14.7. The average molecular weight is 290 g/mol. The van der Waals surface area contributed by atoms with Gasteiger partial charge in [-0.15, -0.1) is 0 Å². The highest BCUT2D eigenvalue weighted by Crippen LogP contribution is 2.23. The molecule has 0 bridgehead atoms. The Kier molecular flexibility index (Phi) is 5.27. The van der Waals surface area contributed by atoms with Gasteiger partial charge in [0.2, 0.25) is 5.76 Å². The molecular formula is C10H18N4O6. The zero-order valence-corrected chi connectivity index (χ0v) is 10.5. The predicted octanol–water partition coefficient (Wildman–Crippen LogP) is -3.96. The second kappa shape index (κ2) is 6.52. The topological polar surface area (TPSA) is 198 Å². The number of nitrogens with zero attached hydrogens (tertiary/aromatic N) is 1. The van der Waals surface area contributed by atoms with Crippen molar-refractivity contribution in [1.29, 1.82) is 0 Å². The summed E-state index contributed by atoms with van der Waals surface area (Å²) in [5.74, 6) is -2.22. The molecule has 10 nitrogen and oxygen atoms in total. The third kappa shape index (κ3) is 3.57. The van der Waals surface area contributed by atoms with Gasteiger partial charge >= 0.3 is 5.97 Å². The Morgan fingerprint density at radius 2 is 2.05 bits per heavy atom. The molecule has 10 N–H and O–H groups in total. The number of aliphatic hydroxyl groups is 3. The lowest BCUT2D eigenvalue weighted by Gasteiger charge is -2.36. The van der Waals surface area contributed by atoms with Gasteiger partial charge in [0.05, 0.1) is 18.7 Å². The maximum atomic E-state index is 11.0. The molecule has 1 aliphatic rings. The second-order valence-corrected chi connectivity index (χ2v) is 4.28. The molecule has 0 radical (unpaired) electrons. The van der Waals surface area contributed by atoms with Crippen LogP contribution in [0.3, 0.4) is 0 Å². The molecule has 0 amide bonds. The van der Waals surface area contributed by atoms with Crippen molar-refractivity contribution in [3.8, 4) is 0 Å². The van der Waals surface area contributed by atoms with Gasteiger partial charge in [-0.05, 0) is 6.08 Å². The van der Waals surface area contributed by atoms with Gasteiger partial charge in [0, 0.05) is 0 Å². The molecule has 5 unspecified atom stereocenters. The van der Waals surface area contributed by atoms with E-state index in [0.29, 0.717) is 0 Å². The van der Waals surface area contributed by atoms with Crippen LogP contribution in [-0.2, 0) is 9.53 Å². The zero-order valence-electron chi connectivity index (χ0n) is 10.5. The third-order valence-electron chi connectivity index (χ3n) is 2.79. The molecule has 0 aromatic heterocycles. The summed E-state index contributed by atoms with van der Waals surface area (Å²) in [5, 5.41) is 37.0. The Morgan fingerprint density at radius 3 is 2.50 bits per heavy atom. The van der Waals surface area contributed by atoms with Gasteiger partial charge < -0.3 is 42.4 Å². The lowest BCUT2D eigenvalue weighted by atomic mass is 9.93. The molecular weight excluding hydrogens is 272 g/mol. The molecule has 1 heterocycles. The summed E-state index contributed by atoms with van der Waals surface area (Å²) >= 11 is 0. The molecule has 0 saturated heterocycles. The number of carboxylic acid groups (broad SMARTS) is 1. The molecule has 0 saturated carbocycles. The number of carboxylic acids is 1. The van der Waals surface area contributed by atoms with Crippen LogP contribution in [0.15, 0.2) is 16.8 Å². The largest absolute Gasteiger partial charge is 0.479 e. The lowest BCUT2D eigenvalue weighted by Crippen LogP contribution is -2.57. The van der Waals surface area contributed by atoms with E-state index in [0.717, 1.165) is 6.08 Å². The first kappa shape index (κ1) is 16.2. The Hall–Kier alpha value is -1.88.